The minimum absolute atomic E-state index is 0.0214. The van der Waals surface area contributed by atoms with E-state index in [9.17, 15) is 19.4 Å². The van der Waals surface area contributed by atoms with E-state index >= 15 is 0 Å². The molecule has 0 aliphatic heterocycles. The number of nitrogens with one attached hydrogen (secondary N) is 1. The lowest BCUT2D eigenvalue weighted by molar-refractivity contribution is -0.870. The van der Waals surface area contributed by atoms with Crippen LogP contribution < -0.4 is 10.2 Å². The first-order valence-corrected chi connectivity index (χ1v) is 28.3. The summed E-state index contributed by atoms with van der Waals surface area (Å²) in [5.41, 5.74) is 0. The molecule has 0 fully saturated rings. The highest BCUT2D eigenvalue weighted by Gasteiger charge is 2.23. The Balaban J connectivity index is 4.21. The molecule has 0 saturated heterocycles. The van der Waals surface area contributed by atoms with E-state index in [1.807, 2.05) is 27.2 Å². The van der Waals surface area contributed by atoms with E-state index in [0.717, 1.165) is 141 Å². The second-order valence-electron chi connectivity index (χ2n) is 18.5. The Kier molecular flexibility index (Phi) is 47.3. The van der Waals surface area contributed by atoms with E-state index in [1.165, 1.54) is 0 Å². The Labute approximate surface area is 429 Å². The summed E-state index contributed by atoms with van der Waals surface area (Å²) in [5, 5.41) is 13.7. The second kappa shape index (κ2) is 50.1. The van der Waals surface area contributed by atoms with Gasteiger partial charge in [-0.25, -0.2) is 0 Å². The van der Waals surface area contributed by atoms with Crippen LogP contribution in [0.2, 0.25) is 0 Å². The molecule has 0 aromatic heterocycles. The topological polar surface area (TPSA) is 108 Å². The van der Waals surface area contributed by atoms with Crippen molar-refractivity contribution in [1.82, 2.24) is 5.32 Å². The predicted molar refractivity (Wildman–Crippen MR) is 301 cm³/mol. The number of likely N-dealkylation sites (N-methyl/N-ethyl adjacent to an activating group) is 1. The third-order valence-corrected chi connectivity index (χ3v) is 11.6. The summed E-state index contributed by atoms with van der Waals surface area (Å²) in [6.07, 6.45) is 79.0. The standard InChI is InChI=1S/C61H99N2O6P/c1-6-8-10-12-14-16-18-19-20-21-22-23-24-25-26-27-28-29-30-31-32-33-34-35-36-37-38-39-40-41-42-43-45-47-49-51-53-55-61(65)62-59(58-69-70(66,67)68-57-56-63(3,4)5)60(64)54-52-50-48-46-44-17-15-13-11-9-7-2/h8,10-11,13-14,16,19-20,22-23,25-26,28-29,31-32,34-35,37-38,40-41,44,46,52,54,59-60,64H,6-7,9,12,15,17-18,21,24,27,30,33,36,39,42-43,45,47-51,53,55-58H2,1-5H3,(H-,62,65,66,67)/b10-8-,13-11+,16-14-,20-19-,23-22-,26-25-,29-28-,32-31-,35-34-,38-37-,41-40-,46-44+,54-52+. The van der Waals surface area contributed by atoms with Gasteiger partial charge in [0.1, 0.15) is 13.2 Å². The number of amides is 1. The quantitative estimate of drug-likeness (QED) is 0.0272. The number of phosphoric acid groups is 1. The summed E-state index contributed by atoms with van der Waals surface area (Å²) in [6, 6.07) is -0.928. The van der Waals surface area contributed by atoms with E-state index in [-0.39, 0.29) is 12.5 Å². The normalized spacial score (nSPS) is 15.2. The van der Waals surface area contributed by atoms with Crippen LogP contribution in [-0.4, -0.2) is 68.5 Å². The smallest absolute Gasteiger partial charge is 0.268 e. The van der Waals surface area contributed by atoms with Crippen molar-refractivity contribution in [2.45, 2.75) is 180 Å². The van der Waals surface area contributed by atoms with Crippen molar-refractivity contribution in [2.75, 3.05) is 40.9 Å². The van der Waals surface area contributed by atoms with Crippen LogP contribution in [0.25, 0.3) is 0 Å². The number of phosphoric ester groups is 1. The molecule has 0 aromatic carbocycles. The van der Waals surface area contributed by atoms with Crippen molar-refractivity contribution in [3.05, 3.63) is 158 Å². The Morgan fingerprint density at radius 2 is 0.886 bits per heavy atom. The van der Waals surface area contributed by atoms with Gasteiger partial charge in [-0.05, 0) is 116 Å². The van der Waals surface area contributed by atoms with Crippen molar-refractivity contribution in [3.8, 4) is 0 Å². The first-order chi connectivity index (χ1) is 34.0. The van der Waals surface area contributed by atoms with Gasteiger partial charge in [0.25, 0.3) is 7.82 Å². The van der Waals surface area contributed by atoms with Gasteiger partial charge in [-0.3, -0.25) is 9.36 Å². The molecule has 0 bridgehead atoms. The molecule has 3 atom stereocenters. The number of hydrogen-bond acceptors (Lipinski definition) is 6. The van der Waals surface area contributed by atoms with Gasteiger partial charge in [-0.15, -0.1) is 0 Å². The van der Waals surface area contributed by atoms with Crippen molar-refractivity contribution >= 4 is 13.7 Å². The highest BCUT2D eigenvalue weighted by atomic mass is 31.2. The third kappa shape index (κ3) is 52.0. The van der Waals surface area contributed by atoms with E-state index in [2.05, 4.69) is 165 Å². The monoisotopic (exact) mass is 987 g/mol. The van der Waals surface area contributed by atoms with Gasteiger partial charge in [-0.2, -0.15) is 0 Å². The van der Waals surface area contributed by atoms with Crippen LogP contribution >= 0.6 is 7.82 Å². The molecule has 0 rings (SSSR count). The number of hydrogen-bond donors (Lipinski definition) is 2. The molecule has 9 heteroatoms. The van der Waals surface area contributed by atoms with Crippen molar-refractivity contribution in [1.29, 1.82) is 0 Å². The van der Waals surface area contributed by atoms with Gasteiger partial charge in [0.05, 0.1) is 39.9 Å². The van der Waals surface area contributed by atoms with Gasteiger partial charge in [0, 0.05) is 6.42 Å². The molecule has 2 N–H and O–H groups in total. The second-order valence-corrected chi connectivity index (χ2v) is 19.9. The zero-order valence-electron chi connectivity index (χ0n) is 44.6. The average molecular weight is 987 g/mol. The predicted octanol–water partition coefficient (Wildman–Crippen LogP) is 15.7. The number of nitrogens with zero attached hydrogens (tertiary/aromatic N) is 1. The first kappa shape index (κ1) is 66.1. The molecule has 0 aliphatic rings. The Morgan fingerprint density at radius 1 is 0.514 bits per heavy atom. The van der Waals surface area contributed by atoms with E-state index in [4.69, 9.17) is 9.05 Å². The molecule has 0 spiro atoms. The van der Waals surface area contributed by atoms with Gasteiger partial charge in [-0.1, -0.05) is 204 Å². The first-order valence-electron chi connectivity index (χ1n) is 26.8. The molecule has 0 saturated carbocycles. The molecule has 0 heterocycles. The lowest BCUT2D eigenvalue weighted by Crippen LogP contribution is -2.45. The fraction of sp³-hybridized carbons (Fsp3) is 0.557. The molecular weight excluding hydrogens is 888 g/mol. The maximum absolute atomic E-state index is 12.9. The third-order valence-electron chi connectivity index (χ3n) is 10.7. The Hall–Kier alpha value is -3.88. The molecule has 0 aliphatic carbocycles. The van der Waals surface area contributed by atoms with Gasteiger partial charge < -0.3 is 28.8 Å². The fourth-order valence-electron chi connectivity index (χ4n) is 6.51. The Bertz CT molecular complexity index is 1690. The zero-order chi connectivity index (χ0) is 51.3. The minimum atomic E-state index is -4.62. The molecule has 8 nitrogen and oxygen atoms in total. The zero-order valence-corrected chi connectivity index (χ0v) is 45.5. The van der Waals surface area contributed by atoms with Gasteiger partial charge in [0.2, 0.25) is 5.91 Å². The summed E-state index contributed by atoms with van der Waals surface area (Å²) < 4.78 is 23.2. The number of carbonyl (C=O) groups excluding carboxylic acids is 1. The van der Waals surface area contributed by atoms with Crippen LogP contribution in [-0.2, 0) is 18.4 Å². The number of aliphatic hydroxyl groups is 1. The number of allylic oxidation sites excluding steroid dienone is 25. The summed E-state index contributed by atoms with van der Waals surface area (Å²) >= 11 is 0. The fourth-order valence-corrected chi connectivity index (χ4v) is 7.23. The van der Waals surface area contributed by atoms with Crippen LogP contribution in [0.3, 0.4) is 0 Å². The summed E-state index contributed by atoms with van der Waals surface area (Å²) in [6.45, 7) is 4.37. The molecule has 0 aromatic rings. The Morgan fingerprint density at radius 3 is 1.31 bits per heavy atom. The van der Waals surface area contributed by atoms with Crippen molar-refractivity contribution in [3.63, 3.8) is 0 Å². The maximum atomic E-state index is 12.9. The van der Waals surface area contributed by atoms with Crippen molar-refractivity contribution in [2.24, 2.45) is 0 Å². The van der Waals surface area contributed by atoms with Gasteiger partial charge in [0.15, 0.2) is 0 Å². The van der Waals surface area contributed by atoms with Gasteiger partial charge >= 0.3 is 0 Å². The summed E-state index contributed by atoms with van der Waals surface area (Å²) in [4.78, 5) is 25.3. The number of unbranched alkanes of at least 4 members (excludes halogenated alkanes) is 9. The van der Waals surface area contributed by atoms with E-state index in [1.54, 1.807) is 6.08 Å². The molecule has 0 radical (unpaired) electrons. The summed E-state index contributed by atoms with van der Waals surface area (Å²) in [7, 11) is 1.19. The van der Waals surface area contributed by atoms with E-state index in [0.29, 0.717) is 23.9 Å². The number of quaternary nitrogens is 1. The molecule has 70 heavy (non-hydrogen) atoms. The lowest BCUT2D eigenvalue weighted by atomic mass is 10.1. The van der Waals surface area contributed by atoms with Crippen LogP contribution in [0.15, 0.2) is 158 Å². The minimum Gasteiger partial charge on any atom is -0.756 e. The average Bonchev–Trinajstić information content (AvgIpc) is 3.32. The number of aliphatic hydroxyl groups excluding tert-OH is 1. The van der Waals surface area contributed by atoms with Crippen LogP contribution in [0.1, 0.15) is 168 Å². The molecular formula is C61H99N2O6P. The van der Waals surface area contributed by atoms with Crippen LogP contribution in [0.5, 0.6) is 0 Å². The highest BCUT2D eigenvalue weighted by molar-refractivity contribution is 7.45. The molecule has 1 amide bonds. The number of carbonyl (C=O) groups is 1. The van der Waals surface area contributed by atoms with Crippen molar-refractivity contribution < 1.29 is 32.9 Å². The van der Waals surface area contributed by atoms with E-state index < -0.39 is 26.6 Å². The summed E-state index contributed by atoms with van der Waals surface area (Å²) in [5.74, 6) is -0.237. The van der Waals surface area contributed by atoms with Crippen LogP contribution in [0, 0.1) is 0 Å². The lowest BCUT2D eigenvalue weighted by Gasteiger charge is -2.29. The maximum Gasteiger partial charge on any atom is 0.268 e. The highest BCUT2D eigenvalue weighted by Crippen LogP contribution is 2.38. The molecule has 3 unspecified atom stereocenters. The van der Waals surface area contributed by atoms with Crippen LogP contribution in [0.4, 0.5) is 0 Å². The SMILES string of the molecule is CC/C=C\C/C=C\C/C=C\C/C=C\C/C=C\C/C=C\C/C=C\C/C=C\C/C=C\C/C=C\CCCCCCCCC(=O)NC(COP(=O)([O-])OCC[N+](C)(C)C)C(O)/C=C/CC/C=C/CC/C=C/CCC. The largest absolute Gasteiger partial charge is 0.756 e. The molecule has 394 valence electrons. The number of rotatable bonds is 46.